The van der Waals surface area contributed by atoms with Crippen LogP contribution in [-0.2, 0) is 47.5 Å². The second-order valence-electron chi connectivity index (χ2n) is 43.3. The second-order valence-corrected chi connectivity index (χ2v) is 45.0. The van der Waals surface area contributed by atoms with Gasteiger partial charge in [0.2, 0.25) is 45.3 Å². The maximum Gasteiger partial charge on any atom is 0.310 e. The van der Waals surface area contributed by atoms with Crippen LogP contribution >= 0.6 is 0 Å². The van der Waals surface area contributed by atoms with Crippen molar-refractivity contribution in [1.29, 1.82) is 0 Å². The lowest BCUT2D eigenvalue weighted by molar-refractivity contribution is -0.385. The maximum absolute atomic E-state index is 11.6. The number of nitrogens with one attached hydrogen (secondary N) is 2. The van der Waals surface area contributed by atoms with E-state index in [0.717, 1.165) is 213 Å². The molecular formula is C111H156N20O16S. The predicted octanol–water partition coefficient (Wildman–Crippen LogP) is 18.1. The Hall–Kier alpha value is -12.8. The number of carbonyl (C=O) groups is 2. The summed E-state index contributed by atoms with van der Waals surface area (Å²) in [6, 6.07) is 36.5. The van der Waals surface area contributed by atoms with Crippen molar-refractivity contribution in [1.82, 2.24) is 74.3 Å². The molecule has 5 aliphatic rings. The summed E-state index contributed by atoms with van der Waals surface area (Å²) in [5.41, 5.74) is 11.0. The van der Waals surface area contributed by atoms with Gasteiger partial charge in [0.25, 0.3) is 5.91 Å². The van der Waals surface area contributed by atoms with Crippen molar-refractivity contribution in [2.24, 2.45) is 35.3 Å². The standard InChI is InChI=1S/C23H32N4O3.C23H34N4O2.C22H32N4O4S.C22H30N4O3.C21H28N4O4/c1-17(28)26-19-7-5-6-8-21(19)29-16-18-9-13-27(14-10-18)15-20-22(25-12-11-24-20)30-23(2,3)4;1-23(2,3)29-22-19(24-12-13-25-22)16-27-14-10-18(11-15-27)17-28-21-9-7-6-8-20(21)26(4)5;1-22(2,3)30-21-19(23-11-12-24-21)15-26-13-9-17(10-14-26)16-29-20-8-6-5-7-18(20)25-31(4,27)28;1-22(2,3)29-21-18(24-10-11-25-21)14-26-12-8-16(9-13-26)15-28-19-7-5-4-6-17(19)20(23)27;1-21(2,3)29-20-17(22-10-11-23-20)14-24-12-8-16(9-13-24)15-28-19-7-5-4-6-18(19)25(26)27/h5-8,11-12,18H,9-10,13-16H2,1-4H3,(H,26,28);6-9,12-13,18H,10-11,14-17H2,1-5H3;5-8,11-12,17,25H,9-10,13-16H2,1-4H3;4-7,10-11,16H,8-9,12-15H2,1-3H3,(H2,23,27);4-7,10-11,16H,8-9,12-15H2,1-3H3. The number of para-hydroxylation sites is 9. The fraction of sp³-hybridized carbons (Fsp3) is 0.532. The first-order chi connectivity index (χ1) is 70.3. The predicted molar refractivity (Wildman–Crippen MR) is 574 cm³/mol. The van der Waals surface area contributed by atoms with Crippen LogP contribution in [0, 0.1) is 39.7 Å². The van der Waals surface area contributed by atoms with Gasteiger partial charge in [-0.2, -0.15) is 0 Å². The van der Waals surface area contributed by atoms with Gasteiger partial charge in [-0.15, -0.1) is 0 Å². The maximum atomic E-state index is 11.6. The van der Waals surface area contributed by atoms with Crippen LogP contribution < -0.4 is 68.0 Å². The summed E-state index contributed by atoms with van der Waals surface area (Å²) < 4.78 is 85.3. The molecule has 10 aromatic rings. The molecule has 148 heavy (non-hydrogen) atoms. The highest BCUT2D eigenvalue weighted by atomic mass is 32.2. The quantitative estimate of drug-likeness (QED) is 0.0242. The number of ether oxygens (including phenoxy) is 10. The van der Waals surface area contributed by atoms with Crippen molar-refractivity contribution >= 4 is 44.6 Å². The molecular weight excluding hydrogens is 1900 g/mol. The second kappa shape index (κ2) is 55.5. The van der Waals surface area contributed by atoms with E-state index in [1.807, 2.05) is 166 Å². The van der Waals surface area contributed by atoms with E-state index in [-0.39, 0.29) is 39.6 Å². The lowest BCUT2D eigenvalue weighted by Gasteiger charge is -2.32. The fourth-order valence-corrected chi connectivity index (χ4v) is 17.6. The number of likely N-dealkylation sites (tertiary alicyclic amines) is 5. The summed E-state index contributed by atoms with van der Waals surface area (Å²) in [6.07, 6.45) is 28.4. The van der Waals surface area contributed by atoms with Crippen LogP contribution in [0.25, 0.3) is 0 Å². The molecule has 5 saturated heterocycles. The van der Waals surface area contributed by atoms with Crippen LogP contribution in [0.15, 0.2) is 183 Å². The molecule has 2 amide bonds. The molecule has 36 nitrogen and oxygen atoms in total. The summed E-state index contributed by atoms with van der Waals surface area (Å²) in [6.45, 7) is 47.9. The van der Waals surface area contributed by atoms with Gasteiger partial charge in [0.1, 0.15) is 79.5 Å². The van der Waals surface area contributed by atoms with Gasteiger partial charge in [0, 0.05) is 122 Å². The highest BCUT2D eigenvalue weighted by Crippen LogP contribution is 2.37. The Labute approximate surface area is 874 Å². The number of nitro benzene ring substituents is 1. The van der Waals surface area contributed by atoms with Crippen LogP contribution in [0.5, 0.6) is 58.1 Å². The first-order valence-corrected chi connectivity index (χ1v) is 53.3. The molecule has 0 unspecified atom stereocenters. The van der Waals surface area contributed by atoms with E-state index in [9.17, 15) is 28.1 Å². The molecule has 0 saturated carbocycles. The summed E-state index contributed by atoms with van der Waals surface area (Å²) in [7, 11) is 0.740. The summed E-state index contributed by atoms with van der Waals surface area (Å²) >= 11 is 0. The van der Waals surface area contributed by atoms with Crippen molar-refractivity contribution in [3.63, 3.8) is 0 Å². The summed E-state index contributed by atoms with van der Waals surface area (Å²) in [4.78, 5) is 91.8. The Bertz CT molecular complexity index is 5760. The van der Waals surface area contributed by atoms with E-state index < -0.39 is 20.9 Å². The average Bonchev–Trinajstić information content (AvgIpc) is 0.852. The number of nitro groups is 1. The number of rotatable bonds is 36. The van der Waals surface area contributed by atoms with E-state index in [0.29, 0.717) is 127 Å². The van der Waals surface area contributed by atoms with Crippen LogP contribution in [0.1, 0.15) is 214 Å². The number of sulfonamides is 1. The highest BCUT2D eigenvalue weighted by Gasteiger charge is 2.32. The minimum Gasteiger partial charge on any atom is -0.492 e. The van der Waals surface area contributed by atoms with Crippen molar-refractivity contribution in [2.45, 2.75) is 236 Å². The smallest absolute Gasteiger partial charge is 0.310 e. The molecule has 0 atom stereocenters. The Balaban J connectivity index is 0.000000176. The Morgan fingerprint density at radius 2 is 0.608 bits per heavy atom. The Kier molecular flexibility index (Phi) is 43.3. The Morgan fingerprint density at radius 3 is 0.899 bits per heavy atom. The molecule has 10 heterocycles. The van der Waals surface area contributed by atoms with Gasteiger partial charge in [-0.3, -0.25) is 73.8 Å². The molecule has 5 aromatic carbocycles. The monoisotopic (exact) mass is 2060 g/mol. The summed E-state index contributed by atoms with van der Waals surface area (Å²) in [5, 5.41) is 13.9. The number of hydrogen-bond donors (Lipinski definition) is 3. The topological polar surface area (TPSA) is 402 Å². The van der Waals surface area contributed by atoms with Crippen LogP contribution in [-0.4, -0.2) is 246 Å². The number of amides is 2. The number of anilines is 3. The van der Waals surface area contributed by atoms with E-state index in [1.54, 1.807) is 117 Å². The first kappa shape index (κ1) is 115. The van der Waals surface area contributed by atoms with E-state index in [1.165, 1.54) is 13.0 Å². The largest absolute Gasteiger partial charge is 0.492 e. The van der Waals surface area contributed by atoms with Gasteiger partial charge in [-0.25, -0.2) is 33.3 Å². The van der Waals surface area contributed by atoms with Gasteiger partial charge in [0.15, 0.2) is 5.75 Å². The van der Waals surface area contributed by atoms with Crippen molar-refractivity contribution in [3.05, 3.63) is 227 Å². The van der Waals surface area contributed by atoms with Crippen LogP contribution in [0.3, 0.4) is 0 Å². The molecule has 15 rings (SSSR count). The van der Waals surface area contributed by atoms with Gasteiger partial charge in [-0.1, -0.05) is 60.7 Å². The van der Waals surface area contributed by atoms with Gasteiger partial charge >= 0.3 is 5.69 Å². The molecule has 37 heteroatoms. The molecule has 0 spiro atoms. The summed E-state index contributed by atoms with van der Waals surface area (Å²) in [5.74, 6) is 7.91. The van der Waals surface area contributed by atoms with Crippen LogP contribution in [0.4, 0.5) is 22.7 Å². The lowest BCUT2D eigenvalue weighted by Crippen LogP contribution is -2.36. The van der Waals surface area contributed by atoms with Crippen LogP contribution in [0.2, 0.25) is 0 Å². The lowest BCUT2D eigenvalue weighted by atomic mass is 9.97. The third-order valence-electron chi connectivity index (χ3n) is 24.4. The zero-order valence-corrected chi connectivity index (χ0v) is 90.9. The minimum absolute atomic E-state index is 0.0129. The SMILES string of the molecule is CC(=O)Nc1ccccc1OCC1CCN(Cc2nccnc2OC(C)(C)C)CC1.CC(C)(C)Oc1nccnc1CN1CCC(COc2ccccc2C(N)=O)CC1.CC(C)(C)Oc1nccnc1CN1CCC(COc2ccccc2NS(C)(=O)=O)CC1.CC(C)(C)Oc1nccnc1CN1CCC(COc2ccccc2[N+](=O)[O-])CC1.CN(C)c1ccccc1OCC1CCN(Cc2nccnc2OC(C)(C)C)CC1. The number of primary amides is 1. The molecule has 5 aromatic heterocycles. The highest BCUT2D eigenvalue weighted by molar-refractivity contribution is 7.92. The number of nitrogens with two attached hydrogens (primary N) is 1. The van der Waals surface area contributed by atoms with E-state index >= 15 is 0 Å². The molecule has 5 aliphatic heterocycles. The molecule has 4 N–H and O–H groups in total. The molecule has 0 bridgehead atoms. The zero-order valence-electron chi connectivity index (χ0n) is 90.0. The van der Waals surface area contributed by atoms with Gasteiger partial charge in [-0.05, 0) is 318 Å². The zero-order chi connectivity index (χ0) is 107. The van der Waals surface area contributed by atoms with Crippen molar-refractivity contribution in [3.8, 4) is 58.1 Å². The number of aromatic nitrogens is 10. The normalized spacial score (nSPS) is 15.9. The first-order valence-electron chi connectivity index (χ1n) is 51.4. The Morgan fingerprint density at radius 1 is 0.365 bits per heavy atom. The molecule has 0 radical (unpaired) electrons. The van der Waals surface area contributed by atoms with E-state index in [2.05, 4.69) is 101 Å². The number of nitrogens with zero attached hydrogens (tertiary/aromatic N) is 17. The third kappa shape index (κ3) is 41.0. The van der Waals surface area contributed by atoms with Gasteiger partial charge in [0.05, 0.1) is 66.8 Å². The number of hydrogen-bond acceptors (Lipinski definition) is 32. The fourth-order valence-electron chi connectivity index (χ4n) is 17.1. The number of benzene rings is 5. The third-order valence-corrected chi connectivity index (χ3v) is 25.0. The van der Waals surface area contributed by atoms with Crippen molar-refractivity contribution in [2.75, 3.05) is 134 Å². The molecule has 5 fully saturated rings. The number of piperidine rings is 5. The molecule has 802 valence electrons. The average molecular weight is 2060 g/mol. The minimum atomic E-state index is -3.35. The van der Waals surface area contributed by atoms with Gasteiger partial charge < -0.3 is 63.3 Å². The molecule has 0 aliphatic carbocycles. The van der Waals surface area contributed by atoms with E-state index in [4.69, 9.17) is 53.1 Å². The number of carbonyl (C=O) groups excluding carboxylic acids is 2. The van der Waals surface area contributed by atoms with Crippen molar-refractivity contribution < 1.29 is 70.3 Å².